The maximum atomic E-state index is 6.48. The van der Waals surface area contributed by atoms with Gasteiger partial charge in [-0.1, -0.05) is 56.2 Å². The quantitative estimate of drug-likeness (QED) is 0.497. The third-order valence-corrected chi connectivity index (χ3v) is 4.98. The van der Waals surface area contributed by atoms with Crippen LogP contribution in [0.25, 0.3) is 0 Å². The first-order chi connectivity index (χ1) is 9.47. The number of rotatable bonds is 5. The molecule has 2 heteroatoms. The van der Waals surface area contributed by atoms with Gasteiger partial charge in [-0.15, -0.1) is 0 Å². The van der Waals surface area contributed by atoms with E-state index in [1.165, 1.54) is 43.2 Å². The lowest BCUT2D eigenvalue weighted by Crippen LogP contribution is -2.30. The predicted molar refractivity (Wildman–Crippen MR) is 89.3 cm³/mol. The molecular formula is C18H28OSi. The van der Waals surface area contributed by atoms with Crippen LogP contribution in [0, 0.1) is 5.92 Å². The fraction of sp³-hybridized carbons (Fsp3) is 0.556. The molecule has 1 unspecified atom stereocenters. The highest BCUT2D eigenvalue weighted by Gasteiger charge is 2.28. The second-order valence-electron chi connectivity index (χ2n) is 6.93. The summed E-state index contributed by atoms with van der Waals surface area (Å²) in [5, 5.41) is 0. The standard InChI is InChI=1S/C18H28OSi/c1-15(16-11-7-5-8-12-16)18(19-20(2,3)4)17-13-9-6-10-14-17/h6,9-10,13-14,16,18H,1,5,7-8,11-12H2,2-4H3. The molecule has 110 valence electrons. The van der Waals surface area contributed by atoms with Gasteiger partial charge >= 0.3 is 0 Å². The SMILES string of the molecule is C=C(C1CCCCC1)C(O[Si](C)(C)C)c1ccccc1. The Morgan fingerprint density at radius 3 is 2.25 bits per heavy atom. The lowest BCUT2D eigenvalue weighted by molar-refractivity contribution is 0.210. The van der Waals surface area contributed by atoms with Gasteiger partial charge in [0.15, 0.2) is 8.32 Å². The molecule has 2 rings (SSSR count). The van der Waals surface area contributed by atoms with Crippen molar-refractivity contribution in [3.8, 4) is 0 Å². The normalized spacial score (nSPS) is 18.8. The van der Waals surface area contributed by atoms with E-state index in [-0.39, 0.29) is 6.10 Å². The van der Waals surface area contributed by atoms with Crippen LogP contribution < -0.4 is 0 Å². The first-order valence-corrected chi connectivity index (χ1v) is 11.3. The first kappa shape index (κ1) is 15.5. The molecule has 0 heterocycles. The largest absolute Gasteiger partial charge is 0.407 e. The summed E-state index contributed by atoms with van der Waals surface area (Å²) < 4.78 is 6.48. The van der Waals surface area contributed by atoms with Gasteiger partial charge in [0.1, 0.15) is 0 Å². The van der Waals surface area contributed by atoms with Gasteiger partial charge in [0.05, 0.1) is 6.10 Å². The zero-order chi connectivity index (χ0) is 14.6. The van der Waals surface area contributed by atoms with Crippen molar-refractivity contribution in [1.29, 1.82) is 0 Å². The molecule has 0 N–H and O–H groups in total. The highest BCUT2D eigenvalue weighted by Crippen LogP contribution is 2.38. The molecule has 1 fully saturated rings. The van der Waals surface area contributed by atoms with Crippen molar-refractivity contribution in [3.63, 3.8) is 0 Å². The summed E-state index contributed by atoms with van der Waals surface area (Å²) in [7, 11) is -1.59. The van der Waals surface area contributed by atoms with E-state index in [0.29, 0.717) is 5.92 Å². The Morgan fingerprint density at radius 1 is 1.10 bits per heavy atom. The summed E-state index contributed by atoms with van der Waals surface area (Å²) in [6.45, 7) is 11.2. The minimum atomic E-state index is -1.59. The van der Waals surface area contributed by atoms with E-state index < -0.39 is 8.32 Å². The van der Waals surface area contributed by atoms with E-state index in [1.54, 1.807) is 0 Å². The Hall–Kier alpha value is -0.863. The molecule has 1 saturated carbocycles. The average molecular weight is 289 g/mol. The third kappa shape index (κ3) is 4.32. The van der Waals surface area contributed by atoms with Gasteiger partial charge in [-0.3, -0.25) is 0 Å². The van der Waals surface area contributed by atoms with Crippen molar-refractivity contribution in [2.75, 3.05) is 0 Å². The molecule has 0 amide bonds. The third-order valence-electron chi connectivity index (χ3n) is 4.04. The molecule has 1 aromatic carbocycles. The van der Waals surface area contributed by atoms with E-state index in [2.05, 4.69) is 56.6 Å². The summed E-state index contributed by atoms with van der Waals surface area (Å²) in [6.07, 6.45) is 6.74. The summed E-state index contributed by atoms with van der Waals surface area (Å²) in [5.74, 6) is 0.644. The van der Waals surface area contributed by atoms with Crippen molar-refractivity contribution in [1.82, 2.24) is 0 Å². The maximum Gasteiger partial charge on any atom is 0.185 e. The maximum absolute atomic E-state index is 6.48. The summed E-state index contributed by atoms with van der Waals surface area (Å²) in [6, 6.07) is 10.6. The van der Waals surface area contributed by atoms with Gasteiger partial charge in [0.25, 0.3) is 0 Å². The van der Waals surface area contributed by atoms with Gasteiger partial charge in [0.2, 0.25) is 0 Å². The van der Waals surface area contributed by atoms with Gasteiger partial charge in [-0.25, -0.2) is 0 Å². The van der Waals surface area contributed by atoms with E-state index in [0.717, 1.165) is 0 Å². The molecule has 0 aliphatic heterocycles. The van der Waals surface area contributed by atoms with Crippen LogP contribution in [0.5, 0.6) is 0 Å². The van der Waals surface area contributed by atoms with Crippen LogP contribution in [0.4, 0.5) is 0 Å². The minimum absolute atomic E-state index is 0.0889. The Balaban J connectivity index is 2.19. The van der Waals surface area contributed by atoms with Crippen LogP contribution in [0.3, 0.4) is 0 Å². The fourth-order valence-electron chi connectivity index (χ4n) is 3.03. The summed E-state index contributed by atoms with van der Waals surface area (Å²) in [5.41, 5.74) is 2.57. The molecule has 0 saturated heterocycles. The predicted octanol–water partition coefficient (Wildman–Crippen LogP) is 5.72. The van der Waals surface area contributed by atoms with E-state index >= 15 is 0 Å². The number of hydrogen-bond donors (Lipinski definition) is 0. The van der Waals surface area contributed by atoms with E-state index in [1.807, 2.05) is 0 Å². The van der Waals surface area contributed by atoms with E-state index in [4.69, 9.17) is 4.43 Å². The molecule has 0 radical (unpaired) electrons. The van der Waals surface area contributed by atoms with Gasteiger partial charge in [-0.05, 0) is 49.5 Å². The topological polar surface area (TPSA) is 9.23 Å². The number of hydrogen-bond acceptors (Lipinski definition) is 1. The van der Waals surface area contributed by atoms with Crippen molar-refractivity contribution < 1.29 is 4.43 Å². The Morgan fingerprint density at radius 2 is 1.70 bits per heavy atom. The van der Waals surface area contributed by atoms with Gasteiger partial charge in [-0.2, -0.15) is 0 Å². The second kappa shape index (κ2) is 6.73. The fourth-order valence-corrected chi connectivity index (χ4v) is 4.02. The smallest absolute Gasteiger partial charge is 0.185 e. The molecule has 1 atom stereocenters. The Labute approximate surface area is 125 Å². The molecule has 1 aliphatic carbocycles. The molecule has 1 nitrogen and oxygen atoms in total. The molecule has 0 aromatic heterocycles. The summed E-state index contributed by atoms with van der Waals surface area (Å²) in [4.78, 5) is 0. The van der Waals surface area contributed by atoms with Gasteiger partial charge < -0.3 is 4.43 Å². The van der Waals surface area contributed by atoms with Gasteiger partial charge in [0, 0.05) is 0 Å². The molecular weight excluding hydrogens is 260 g/mol. The van der Waals surface area contributed by atoms with Crippen LogP contribution in [-0.2, 0) is 4.43 Å². The average Bonchev–Trinajstić information content (AvgIpc) is 2.45. The highest BCUT2D eigenvalue weighted by atomic mass is 28.4. The zero-order valence-corrected chi connectivity index (χ0v) is 14.2. The van der Waals surface area contributed by atoms with Crippen molar-refractivity contribution >= 4 is 8.32 Å². The van der Waals surface area contributed by atoms with Crippen molar-refractivity contribution in [3.05, 3.63) is 48.0 Å². The van der Waals surface area contributed by atoms with Crippen molar-refractivity contribution in [2.45, 2.75) is 57.8 Å². The molecule has 1 aliphatic rings. The summed E-state index contributed by atoms with van der Waals surface area (Å²) >= 11 is 0. The lowest BCUT2D eigenvalue weighted by Gasteiger charge is -2.33. The van der Waals surface area contributed by atoms with Crippen LogP contribution >= 0.6 is 0 Å². The monoisotopic (exact) mass is 288 g/mol. The van der Waals surface area contributed by atoms with Crippen LogP contribution in [0.15, 0.2) is 42.5 Å². The lowest BCUT2D eigenvalue weighted by atomic mass is 9.81. The molecule has 1 aromatic rings. The Kier molecular flexibility index (Phi) is 5.22. The van der Waals surface area contributed by atoms with Crippen LogP contribution in [0.2, 0.25) is 19.6 Å². The minimum Gasteiger partial charge on any atom is -0.407 e. The Bertz CT molecular complexity index is 426. The van der Waals surface area contributed by atoms with Crippen LogP contribution in [-0.4, -0.2) is 8.32 Å². The second-order valence-corrected chi connectivity index (χ2v) is 11.4. The number of benzene rings is 1. The molecule has 0 bridgehead atoms. The van der Waals surface area contributed by atoms with Crippen molar-refractivity contribution in [2.24, 2.45) is 5.92 Å². The molecule has 0 spiro atoms. The zero-order valence-electron chi connectivity index (χ0n) is 13.2. The highest BCUT2D eigenvalue weighted by molar-refractivity contribution is 6.69. The van der Waals surface area contributed by atoms with E-state index in [9.17, 15) is 0 Å². The first-order valence-electron chi connectivity index (χ1n) is 7.89. The molecule has 20 heavy (non-hydrogen) atoms. The van der Waals surface area contributed by atoms with Crippen LogP contribution in [0.1, 0.15) is 43.8 Å².